The van der Waals surface area contributed by atoms with Crippen molar-refractivity contribution < 1.29 is 9.53 Å². The van der Waals surface area contributed by atoms with E-state index in [9.17, 15) is 4.79 Å². The molecule has 0 atom stereocenters. The van der Waals surface area contributed by atoms with Gasteiger partial charge in [-0.3, -0.25) is 10.00 Å². The molecule has 0 aliphatic heterocycles. The van der Waals surface area contributed by atoms with E-state index in [1.807, 2.05) is 6.07 Å². The second-order valence-corrected chi connectivity index (χ2v) is 4.25. The molecule has 0 aliphatic carbocycles. The number of amides is 2. The average Bonchev–Trinajstić information content (AvgIpc) is 2.66. The van der Waals surface area contributed by atoms with Crippen LogP contribution >= 0.6 is 0 Å². The van der Waals surface area contributed by atoms with Gasteiger partial charge in [-0.05, 0) is 19.1 Å². The molecule has 7 heteroatoms. The Morgan fingerprint density at radius 3 is 2.65 bits per heavy atom. The van der Waals surface area contributed by atoms with Gasteiger partial charge in [0.2, 0.25) is 0 Å². The van der Waals surface area contributed by atoms with Crippen molar-refractivity contribution in [3.8, 4) is 5.75 Å². The van der Waals surface area contributed by atoms with Crippen LogP contribution in [0.25, 0.3) is 0 Å². The summed E-state index contributed by atoms with van der Waals surface area (Å²) >= 11 is 0. The highest BCUT2D eigenvalue weighted by Crippen LogP contribution is 2.24. The molecule has 0 aliphatic rings. The van der Waals surface area contributed by atoms with Gasteiger partial charge in [0.15, 0.2) is 5.82 Å². The zero-order valence-electron chi connectivity index (χ0n) is 11.6. The number of para-hydroxylation sites is 2. The van der Waals surface area contributed by atoms with Gasteiger partial charge in [-0.15, -0.1) is 0 Å². The number of aryl methyl sites for hydroxylation is 2. The Morgan fingerprint density at radius 1 is 1.35 bits per heavy atom. The van der Waals surface area contributed by atoms with E-state index in [1.54, 1.807) is 39.3 Å². The maximum absolute atomic E-state index is 12.0. The molecular weight excluding hydrogens is 258 g/mol. The first-order chi connectivity index (χ1) is 9.52. The lowest BCUT2D eigenvalue weighted by Crippen LogP contribution is -2.22. The quantitative estimate of drug-likeness (QED) is 0.798. The minimum atomic E-state index is -0.413. The molecule has 0 saturated heterocycles. The van der Waals surface area contributed by atoms with Crippen molar-refractivity contribution in [2.75, 3.05) is 23.5 Å². The third-order valence-corrected chi connectivity index (χ3v) is 2.86. The predicted octanol–water partition coefficient (Wildman–Crippen LogP) is 1.96. The van der Waals surface area contributed by atoms with Crippen LogP contribution < -0.4 is 21.1 Å². The van der Waals surface area contributed by atoms with E-state index >= 15 is 0 Å². The van der Waals surface area contributed by atoms with E-state index in [0.717, 1.165) is 0 Å². The summed E-state index contributed by atoms with van der Waals surface area (Å²) in [5, 5.41) is 9.50. The Labute approximate surface area is 116 Å². The first kappa shape index (κ1) is 13.7. The standard InChI is InChI=1S/C13H17N5O2/c1-8-11(14)12(18(2)17-8)16-13(19)15-9-6-4-5-7-10(9)20-3/h4-7H,14H2,1-3H3,(H2,15,16,19). The molecule has 1 aromatic heterocycles. The van der Waals surface area contributed by atoms with Crippen LogP contribution in [0.1, 0.15) is 5.69 Å². The number of hydrogen-bond donors (Lipinski definition) is 3. The summed E-state index contributed by atoms with van der Waals surface area (Å²) in [6.07, 6.45) is 0. The number of hydrogen-bond acceptors (Lipinski definition) is 4. The van der Waals surface area contributed by atoms with Crippen molar-refractivity contribution in [3.63, 3.8) is 0 Å². The van der Waals surface area contributed by atoms with Gasteiger partial charge in [0, 0.05) is 7.05 Å². The van der Waals surface area contributed by atoms with Crippen LogP contribution in [0.3, 0.4) is 0 Å². The molecule has 1 aromatic carbocycles. The van der Waals surface area contributed by atoms with Crippen molar-refractivity contribution >= 4 is 23.2 Å². The summed E-state index contributed by atoms with van der Waals surface area (Å²) < 4.78 is 6.68. The van der Waals surface area contributed by atoms with E-state index in [0.29, 0.717) is 28.6 Å². The summed E-state index contributed by atoms with van der Waals surface area (Å²) in [7, 11) is 3.25. The molecule has 0 fully saturated rings. The zero-order chi connectivity index (χ0) is 14.7. The number of nitrogen functional groups attached to an aromatic ring is 1. The number of carbonyl (C=O) groups excluding carboxylic acids is 1. The van der Waals surface area contributed by atoms with Crippen molar-refractivity contribution in [2.24, 2.45) is 7.05 Å². The van der Waals surface area contributed by atoms with E-state index in [2.05, 4.69) is 15.7 Å². The summed E-state index contributed by atoms with van der Waals surface area (Å²) in [4.78, 5) is 12.0. The molecule has 20 heavy (non-hydrogen) atoms. The Kier molecular flexibility index (Phi) is 3.79. The third kappa shape index (κ3) is 2.66. The molecule has 2 amide bonds. The summed E-state index contributed by atoms with van der Waals surface area (Å²) in [5.41, 5.74) is 7.54. The summed E-state index contributed by atoms with van der Waals surface area (Å²) in [5.74, 6) is 1.03. The van der Waals surface area contributed by atoms with Gasteiger partial charge in [-0.25, -0.2) is 4.79 Å². The number of methoxy groups -OCH3 is 1. The van der Waals surface area contributed by atoms with E-state index < -0.39 is 6.03 Å². The van der Waals surface area contributed by atoms with Gasteiger partial charge in [0.1, 0.15) is 5.75 Å². The van der Waals surface area contributed by atoms with Gasteiger partial charge >= 0.3 is 6.03 Å². The number of carbonyl (C=O) groups is 1. The van der Waals surface area contributed by atoms with Gasteiger partial charge < -0.3 is 15.8 Å². The van der Waals surface area contributed by atoms with Crippen LogP contribution in [0.2, 0.25) is 0 Å². The maximum atomic E-state index is 12.0. The molecular formula is C13H17N5O2. The van der Waals surface area contributed by atoms with Crippen molar-refractivity contribution in [3.05, 3.63) is 30.0 Å². The Bertz CT molecular complexity index is 636. The van der Waals surface area contributed by atoms with Gasteiger partial charge in [0.05, 0.1) is 24.2 Å². The zero-order valence-corrected chi connectivity index (χ0v) is 11.6. The van der Waals surface area contributed by atoms with Crippen molar-refractivity contribution in [1.82, 2.24) is 9.78 Å². The number of nitrogens with one attached hydrogen (secondary N) is 2. The van der Waals surface area contributed by atoms with E-state index in [4.69, 9.17) is 10.5 Å². The Hall–Kier alpha value is -2.70. The number of anilines is 3. The number of benzene rings is 1. The second-order valence-electron chi connectivity index (χ2n) is 4.25. The highest BCUT2D eigenvalue weighted by atomic mass is 16.5. The second kappa shape index (κ2) is 5.52. The SMILES string of the molecule is COc1ccccc1NC(=O)Nc1c(N)c(C)nn1C. The molecule has 0 saturated carbocycles. The van der Waals surface area contributed by atoms with Crippen LogP contribution in [0.15, 0.2) is 24.3 Å². The fourth-order valence-electron chi connectivity index (χ4n) is 1.83. The maximum Gasteiger partial charge on any atom is 0.325 e. The molecule has 0 bridgehead atoms. The molecule has 0 spiro atoms. The normalized spacial score (nSPS) is 10.2. The minimum absolute atomic E-state index is 0.413. The topological polar surface area (TPSA) is 94.2 Å². The van der Waals surface area contributed by atoms with Crippen LogP contribution in [0, 0.1) is 6.92 Å². The molecule has 2 rings (SSSR count). The van der Waals surface area contributed by atoms with Crippen LogP contribution in [-0.4, -0.2) is 22.9 Å². The monoisotopic (exact) mass is 275 g/mol. The fraction of sp³-hybridized carbons (Fsp3) is 0.231. The first-order valence-electron chi connectivity index (χ1n) is 6.03. The third-order valence-electron chi connectivity index (χ3n) is 2.86. The lowest BCUT2D eigenvalue weighted by Gasteiger charge is -2.11. The molecule has 1 heterocycles. The van der Waals surface area contributed by atoms with Gasteiger partial charge in [-0.2, -0.15) is 5.10 Å². The lowest BCUT2D eigenvalue weighted by molar-refractivity contribution is 0.262. The number of nitrogens with zero attached hydrogens (tertiary/aromatic N) is 2. The predicted molar refractivity (Wildman–Crippen MR) is 78.0 cm³/mol. The molecule has 106 valence electrons. The number of rotatable bonds is 3. The minimum Gasteiger partial charge on any atom is -0.495 e. The highest BCUT2D eigenvalue weighted by Gasteiger charge is 2.13. The Morgan fingerprint density at radius 2 is 2.05 bits per heavy atom. The van der Waals surface area contributed by atoms with Crippen LogP contribution in [0.5, 0.6) is 5.75 Å². The van der Waals surface area contributed by atoms with Gasteiger partial charge in [-0.1, -0.05) is 12.1 Å². The van der Waals surface area contributed by atoms with Crippen molar-refractivity contribution in [1.29, 1.82) is 0 Å². The number of nitrogens with two attached hydrogens (primary N) is 1. The smallest absolute Gasteiger partial charge is 0.325 e. The highest BCUT2D eigenvalue weighted by molar-refractivity contribution is 6.01. The number of urea groups is 1. The number of aromatic nitrogens is 2. The summed E-state index contributed by atoms with van der Waals surface area (Å²) in [6, 6.07) is 6.73. The lowest BCUT2D eigenvalue weighted by atomic mass is 10.3. The molecule has 0 radical (unpaired) electrons. The molecule has 2 aromatic rings. The number of ether oxygens (including phenoxy) is 1. The van der Waals surface area contributed by atoms with Crippen LogP contribution in [-0.2, 0) is 7.05 Å². The summed E-state index contributed by atoms with van der Waals surface area (Å²) in [6.45, 7) is 1.78. The molecule has 4 N–H and O–H groups in total. The molecule has 0 unspecified atom stereocenters. The van der Waals surface area contributed by atoms with E-state index in [1.165, 1.54) is 4.68 Å². The van der Waals surface area contributed by atoms with Gasteiger partial charge in [0.25, 0.3) is 0 Å². The van der Waals surface area contributed by atoms with Crippen LogP contribution in [0.4, 0.5) is 22.0 Å². The van der Waals surface area contributed by atoms with E-state index in [-0.39, 0.29) is 0 Å². The fourth-order valence-corrected chi connectivity index (χ4v) is 1.83. The first-order valence-corrected chi connectivity index (χ1v) is 6.03. The molecule has 7 nitrogen and oxygen atoms in total. The largest absolute Gasteiger partial charge is 0.495 e. The van der Waals surface area contributed by atoms with Crippen molar-refractivity contribution in [2.45, 2.75) is 6.92 Å². The Balaban J connectivity index is 2.13. The average molecular weight is 275 g/mol.